The number of benzene rings is 2. The number of aliphatic imine (C=N–C) groups is 1. The number of nitrogens with zero attached hydrogens (tertiary/aromatic N) is 3. The smallest absolute Gasteiger partial charge is 0.262 e. The maximum absolute atomic E-state index is 13.7. The highest BCUT2D eigenvalue weighted by molar-refractivity contribution is 8.18. The lowest BCUT2D eigenvalue weighted by Crippen LogP contribution is -2.35. The molecule has 1 fully saturated rings. The van der Waals surface area contributed by atoms with Crippen molar-refractivity contribution in [1.82, 2.24) is 15.1 Å². The summed E-state index contributed by atoms with van der Waals surface area (Å²) in [7, 11) is 0. The summed E-state index contributed by atoms with van der Waals surface area (Å²) in [5, 5.41) is 5.02. The van der Waals surface area contributed by atoms with E-state index in [9.17, 15) is 9.59 Å². The van der Waals surface area contributed by atoms with Crippen molar-refractivity contribution in [3.63, 3.8) is 0 Å². The zero-order valence-corrected chi connectivity index (χ0v) is 21.8. The molecule has 0 saturated carbocycles. The first-order chi connectivity index (χ1) is 16.8. The van der Waals surface area contributed by atoms with E-state index in [4.69, 9.17) is 28.2 Å². The monoisotopic (exact) mass is 528 g/mol. The molecule has 3 aliphatic heterocycles. The number of carbonyl (C=O) groups is 2. The van der Waals surface area contributed by atoms with Crippen LogP contribution < -0.4 is 5.32 Å². The van der Waals surface area contributed by atoms with Crippen molar-refractivity contribution in [3.8, 4) is 0 Å². The van der Waals surface area contributed by atoms with Crippen molar-refractivity contribution >= 4 is 51.9 Å². The second kappa shape index (κ2) is 9.88. The van der Waals surface area contributed by atoms with E-state index in [2.05, 4.69) is 24.1 Å². The highest BCUT2D eigenvalue weighted by Crippen LogP contribution is 2.53. The third kappa shape index (κ3) is 4.69. The molecule has 2 aromatic carbocycles. The Morgan fingerprint density at radius 1 is 1.03 bits per heavy atom. The fourth-order valence-corrected chi connectivity index (χ4v) is 6.37. The summed E-state index contributed by atoms with van der Waals surface area (Å²) < 4.78 is 0. The van der Waals surface area contributed by atoms with Crippen LogP contribution in [0.2, 0.25) is 10.0 Å². The third-order valence-electron chi connectivity index (χ3n) is 6.48. The number of hydrogen-bond acceptors (Lipinski definition) is 5. The summed E-state index contributed by atoms with van der Waals surface area (Å²) in [5.74, 6) is 0.0425. The molecular weight excluding hydrogens is 503 g/mol. The van der Waals surface area contributed by atoms with Gasteiger partial charge in [-0.25, -0.2) is 0 Å². The number of halogens is 2. The Labute approximate surface area is 219 Å². The number of allylic oxidation sites excluding steroid dienone is 1. The van der Waals surface area contributed by atoms with Gasteiger partial charge in [-0.3, -0.25) is 14.6 Å². The van der Waals surface area contributed by atoms with E-state index in [0.29, 0.717) is 41.0 Å². The predicted octanol–water partition coefficient (Wildman–Crippen LogP) is 5.41. The normalized spacial score (nSPS) is 22.3. The summed E-state index contributed by atoms with van der Waals surface area (Å²) >= 11 is 13.8. The molecule has 0 unspecified atom stereocenters. The molecule has 0 bridgehead atoms. The van der Waals surface area contributed by atoms with Gasteiger partial charge in [0.05, 0.1) is 6.04 Å². The van der Waals surface area contributed by atoms with Gasteiger partial charge in [0.25, 0.3) is 5.91 Å². The van der Waals surface area contributed by atoms with Gasteiger partial charge < -0.3 is 15.1 Å². The van der Waals surface area contributed by atoms with Crippen LogP contribution in [0.15, 0.2) is 64.1 Å². The molecule has 6 nitrogen and oxygen atoms in total. The predicted molar refractivity (Wildman–Crippen MR) is 141 cm³/mol. The molecule has 9 heteroatoms. The van der Waals surface area contributed by atoms with Crippen LogP contribution in [0.25, 0.3) is 0 Å². The van der Waals surface area contributed by atoms with E-state index in [1.54, 1.807) is 4.90 Å². The largest absolute Gasteiger partial charge is 0.354 e. The molecule has 35 heavy (non-hydrogen) atoms. The zero-order valence-electron chi connectivity index (χ0n) is 19.5. The first-order valence-electron chi connectivity index (χ1n) is 11.7. The van der Waals surface area contributed by atoms with Crippen molar-refractivity contribution in [3.05, 3.63) is 80.3 Å². The van der Waals surface area contributed by atoms with Crippen LogP contribution in [0.4, 0.5) is 0 Å². The average Bonchev–Trinajstić information content (AvgIpc) is 3.29. The van der Waals surface area contributed by atoms with Gasteiger partial charge in [-0.15, -0.1) is 0 Å². The Bertz CT molecular complexity index is 1210. The van der Waals surface area contributed by atoms with Crippen molar-refractivity contribution in [2.45, 2.75) is 32.4 Å². The van der Waals surface area contributed by atoms with Crippen LogP contribution in [0.3, 0.4) is 0 Å². The minimum atomic E-state index is -0.152. The van der Waals surface area contributed by atoms with E-state index in [1.807, 2.05) is 48.5 Å². The Morgan fingerprint density at radius 2 is 1.66 bits per heavy atom. The molecule has 3 aliphatic rings. The van der Waals surface area contributed by atoms with Crippen molar-refractivity contribution < 1.29 is 9.59 Å². The van der Waals surface area contributed by atoms with Crippen LogP contribution in [0.1, 0.15) is 43.5 Å². The lowest BCUT2D eigenvalue weighted by Gasteiger charge is -2.32. The van der Waals surface area contributed by atoms with Crippen LogP contribution >= 0.6 is 35.0 Å². The molecule has 2 aromatic rings. The summed E-state index contributed by atoms with van der Waals surface area (Å²) in [5.41, 5.74) is 3.11. The van der Waals surface area contributed by atoms with Gasteiger partial charge in [0.1, 0.15) is 10.9 Å². The Morgan fingerprint density at radius 3 is 2.29 bits per heavy atom. The van der Waals surface area contributed by atoms with Crippen molar-refractivity contribution in [2.24, 2.45) is 10.9 Å². The molecule has 1 N–H and O–H groups in total. The molecule has 0 aromatic heterocycles. The number of rotatable bonds is 4. The van der Waals surface area contributed by atoms with Crippen molar-refractivity contribution in [2.75, 3.05) is 19.6 Å². The first kappa shape index (κ1) is 24.2. The minimum absolute atomic E-state index is 0.0176. The minimum Gasteiger partial charge on any atom is -0.354 e. The van der Waals surface area contributed by atoms with E-state index >= 15 is 0 Å². The van der Waals surface area contributed by atoms with Gasteiger partial charge >= 0.3 is 0 Å². The van der Waals surface area contributed by atoms with E-state index in [0.717, 1.165) is 22.0 Å². The average molecular weight is 529 g/mol. The highest BCUT2D eigenvalue weighted by atomic mass is 35.5. The molecule has 2 amide bonds. The molecule has 2 atom stereocenters. The van der Waals surface area contributed by atoms with Crippen LogP contribution in [-0.4, -0.2) is 46.4 Å². The zero-order chi connectivity index (χ0) is 24.7. The number of amidine groups is 1. The molecule has 182 valence electrons. The van der Waals surface area contributed by atoms with Gasteiger partial charge in [-0.2, -0.15) is 0 Å². The number of amides is 2. The van der Waals surface area contributed by atoms with E-state index in [1.165, 1.54) is 11.8 Å². The van der Waals surface area contributed by atoms with Gasteiger partial charge in [-0.05, 0) is 53.1 Å². The quantitative estimate of drug-likeness (QED) is 0.576. The molecule has 3 heterocycles. The summed E-state index contributed by atoms with van der Waals surface area (Å²) in [6.45, 7) is 5.60. The summed E-state index contributed by atoms with van der Waals surface area (Å²) in [6, 6.07) is 15.4. The highest BCUT2D eigenvalue weighted by Gasteiger charge is 2.47. The fourth-order valence-electron chi connectivity index (χ4n) is 4.81. The van der Waals surface area contributed by atoms with Crippen LogP contribution in [-0.2, 0) is 9.59 Å². The molecule has 1 saturated heterocycles. The lowest BCUT2D eigenvalue weighted by atomic mass is 9.92. The number of carbonyl (C=O) groups excluding carboxylic acids is 2. The van der Waals surface area contributed by atoms with Gasteiger partial charge in [0.2, 0.25) is 5.91 Å². The topological polar surface area (TPSA) is 65.0 Å². The number of nitrogens with one attached hydrogen (secondary N) is 1. The molecule has 5 rings (SSSR count). The SMILES string of the molecule is CC(C)C1=C(C(=O)N2CCNC(=O)CC2)SC2=N[C@@H](c3ccc(Cl)cc3)[C@@H](c3ccc(Cl)cc3)N21. The second-order valence-corrected chi connectivity index (χ2v) is 11.0. The number of fused-ring (bicyclic) bond motifs is 1. The van der Waals surface area contributed by atoms with E-state index < -0.39 is 0 Å². The third-order valence-corrected chi connectivity index (χ3v) is 8.06. The van der Waals surface area contributed by atoms with Gasteiger partial charge in [-0.1, -0.05) is 61.3 Å². The fraction of sp³-hybridized carbons (Fsp3) is 0.346. The maximum atomic E-state index is 13.7. The van der Waals surface area contributed by atoms with Gasteiger partial charge in [0.15, 0.2) is 5.17 Å². The Kier molecular flexibility index (Phi) is 6.84. The van der Waals surface area contributed by atoms with Crippen LogP contribution in [0, 0.1) is 5.92 Å². The first-order valence-corrected chi connectivity index (χ1v) is 13.3. The number of hydrogen-bond donors (Lipinski definition) is 1. The molecule has 0 radical (unpaired) electrons. The van der Waals surface area contributed by atoms with Gasteiger partial charge in [0, 0.05) is 41.8 Å². The lowest BCUT2D eigenvalue weighted by molar-refractivity contribution is -0.126. The number of thioether (sulfide) groups is 1. The van der Waals surface area contributed by atoms with Crippen molar-refractivity contribution in [1.29, 1.82) is 0 Å². The summed E-state index contributed by atoms with van der Waals surface area (Å²) in [6.07, 6.45) is 0.317. The maximum Gasteiger partial charge on any atom is 0.262 e. The second-order valence-electron chi connectivity index (χ2n) is 9.14. The molecular formula is C26H26Cl2N4O2S. The Hall–Kier alpha value is -2.48. The Balaban J connectivity index is 1.56. The van der Waals surface area contributed by atoms with Crippen LogP contribution in [0.5, 0.6) is 0 Å². The van der Waals surface area contributed by atoms with E-state index in [-0.39, 0.29) is 29.8 Å². The molecule has 0 spiro atoms. The summed E-state index contributed by atoms with van der Waals surface area (Å²) in [4.78, 5) is 35.3. The molecule has 0 aliphatic carbocycles. The standard InChI is InChI=1S/C26H26Cl2N4O2S/c1-15(2)22-24(25(34)31-13-11-20(33)29-12-14-31)35-26-30-21(16-3-7-18(27)8-4-16)23(32(22)26)17-5-9-19(28)10-6-17/h3-10,15,21,23H,11-14H2,1-2H3,(H,29,33)/t21-,23+/m0/s1.